The molecule has 2 aromatic carbocycles. The van der Waals surface area contributed by atoms with Gasteiger partial charge in [-0.05, 0) is 37.1 Å². The Morgan fingerprint density at radius 1 is 1.25 bits per heavy atom. The highest BCUT2D eigenvalue weighted by Gasteiger charge is 2.12. The number of carbonyl (C=O) groups is 1. The van der Waals surface area contributed by atoms with E-state index in [0.29, 0.717) is 10.7 Å². The maximum absolute atomic E-state index is 11.2. The van der Waals surface area contributed by atoms with E-state index in [4.69, 9.17) is 11.6 Å². The van der Waals surface area contributed by atoms with E-state index in [2.05, 4.69) is 5.32 Å². The Labute approximate surface area is 123 Å². The molecule has 0 saturated carbocycles. The van der Waals surface area contributed by atoms with E-state index in [1.807, 2.05) is 37.3 Å². The van der Waals surface area contributed by atoms with E-state index < -0.39 is 5.97 Å². The van der Waals surface area contributed by atoms with Gasteiger partial charge in [-0.25, -0.2) is 4.79 Å². The first-order valence-electron chi connectivity index (χ1n) is 6.39. The predicted octanol–water partition coefficient (Wildman–Crippen LogP) is 4.08. The first-order valence-corrected chi connectivity index (χ1v) is 6.77. The first kappa shape index (κ1) is 14.4. The number of benzene rings is 2. The van der Waals surface area contributed by atoms with Gasteiger partial charge in [-0.3, -0.25) is 0 Å². The molecule has 0 aromatic heterocycles. The van der Waals surface area contributed by atoms with Gasteiger partial charge >= 0.3 is 5.97 Å². The van der Waals surface area contributed by atoms with Gasteiger partial charge in [0.05, 0.1) is 11.3 Å². The van der Waals surface area contributed by atoms with Crippen LogP contribution in [0.5, 0.6) is 0 Å². The number of aromatic carboxylic acids is 1. The highest BCUT2D eigenvalue weighted by Crippen LogP contribution is 2.22. The van der Waals surface area contributed by atoms with Crippen molar-refractivity contribution in [3.8, 4) is 0 Å². The van der Waals surface area contributed by atoms with Gasteiger partial charge in [-0.2, -0.15) is 0 Å². The fourth-order valence-corrected chi connectivity index (χ4v) is 2.28. The second-order valence-corrected chi connectivity index (χ2v) is 5.17. The van der Waals surface area contributed by atoms with E-state index in [-0.39, 0.29) is 11.6 Å². The van der Waals surface area contributed by atoms with Crippen LogP contribution in [-0.4, -0.2) is 17.1 Å². The van der Waals surface area contributed by atoms with Gasteiger partial charge < -0.3 is 10.4 Å². The number of nitrogens with one attached hydrogen (secondary N) is 1. The van der Waals surface area contributed by atoms with Crippen LogP contribution < -0.4 is 5.32 Å². The minimum absolute atomic E-state index is 0.106. The van der Waals surface area contributed by atoms with Crippen molar-refractivity contribution in [2.75, 3.05) is 5.32 Å². The summed E-state index contributed by atoms with van der Waals surface area (Å²) in [6, 6.07) is 14.9. The van der Waals surface area contributed by atoms with Gasteiger partial charge in [-0.1, -0.05) is 41.9 Å². The summed E-state index contributed by atoms with van der Waals surface area (Å²) >= 11 is 5.93. The maximum atomic E-state index is 11.2. The van der Waals surface area contributed by atoms with Crippen LogP contribution in [0.15, 0.2) is 48.5 Å². The molecular formula is C16H16ClNO2. The third kappa shape index (κ3) is 3.75. The number of hydrogen-bond acceptors (Lipinski definition) is 2. The van der Waals surface area contributed by atoms with E-state index >= 15 is 0 Å². The third-order valence-electron chi connectivity index (χ3n) is 3.00. The third-order valence-corrected chi connectivity index (χ3v) is 3.23. The smallest absolute Gasteiger partial charge is 0.337 e. The molecule has 0 bridgehead atoms. The van der Waals surface area contributed by atoms with Crippen LogP contribution in [0.3, 0.4) is 0 Å². The van der Waals surface area contributed by atoms with Crippen molar-refractivity contribution in [3.05, 3.63) is 64.7 Å². The molecule has 0 fully saturated rings. The number of carboxylic acid groups (broad SMARTS) is 1. The van der Waals surface area contributed by atoms with E-state index in [0.717, 1.165) is 6.42 Å². The molecule has 0 aliphatic heterocycles. The Morgan fingerprint density at radius 2 is 1.95 bits per heavy atom. The Kier molecular flexibility index (Phi) is 4.64. The van der Waals surface area contributed by atoms with Crippen molar-refractivity contribution in [2.45, 2.75) is 19.4 Å². The Bertz CT molecular complexity index is 599. The number of hydrogen-bond donors (Lipinski definition) is 2. The molecular weight excluding hydrogens is 274 g/mol. The molecule has 2 aromatic rings. The van der Waals surface area contributed by atoms with Gasteiger partial charge in [0.25, 0.3) is 0 Å². The van der Waals surface area contributed by atoms with E-state index in [1.165, 1.54) is 11.6 Å². The summed E-state index contributed by atoms with van der Waals surface area (Å²) in [4.78, 5) is 11.2. The molecule has 0 heterocycles. The maximum Gasteiger partial charge on any atom is 0.337 e. The molecule has 1 unspecified atom stereocenters. The Morgan fingerprint density at radius 3 is 2.60 bits per heavy atom. The molecule has 0 radical (unpaired) electrons. The fraction of sp³-hybridized carbons (Fsp3) is 0.188. The highest BCUT2D eigenvalue weighted by atomic mass is 35.5. The van der Waals surface area contributed by atoms with Crippen molar-refractivity contribution in [2.24, 2.45) is 0 Å². The SMILES string of the molecule is CC(Cc1ccccc1)Nc1cc(Cl)ccc1C(=O)O. The standard InChI is InChI=1S/C16H16ClNO2/c1-11(9-12-5-3-2-4-6-12)18-15-10-13(17)7-8-14(15)16(19)20/h2-8,10-11,18H,9H2,1H3,(H,19,20). The number of halogens is 1. The lowest BCUT2D eigenvalue weighted by atomic mass is 10.1. The van der Waals surface area contributed by atoms with Crippen LogP contribution in [0.4, 0.5) is 5.69 Å². The molecule has 0 aliphatic carbocycles. The molecule has 1 atom stereocenters. The quantitative estimate of drug-likeness (QED) is 0.872. The Hall–Kier alpha value is -2.00. The van der Waals surface area contributed by atoms with Gasteiger partial charge in [0.2, 0.25) is 0 Å². The largest absolute Gasteiger partial charge is 0.478 e. The molecule has 20 heavy (non-hydrogen) atoms. The summed E-state index contributed by atoms with van der Waals surface area (Å²) in [5, 5.41) is 12.9. The summed E-state index contributed by atoms with van der Waals surface area (Å²) in [5.41, 5.74) is 1.98. The first-order chi connectivity index (χ1) is 9.56. The number of rotatable bonds is 5. The summed E-state index contributed by atoms with van der Waals surface area (Å²) in [5.74, 6) is -0.962. The average Bonchev–Trinajstić information content (AvgIpc) is 2.39. The molecule has 104 valence electrons. The topological polar surface area (TPSA) is 49.3 Å². The van der Waals surface area contributed by atoms with Crippen molar-refractivity contribution in [1.82, 2.24) is 0 Å². The molecule has 0 amide bonds. The zero-order valence-corrected chi connectivity index (χ0v) is 11.9. The minimum atomic E-state index is -0.962. The normalized spacial score (nSPS) is 11.9. The number of anilines is 1. The molecule has 4 heteroatoms. The summed E-state index contributed by atoms with van der Waals surface area (Å²) in [7, 11) is 0. The van der Waals surface area contributed by atoms with Gasteiger partial charge in [-0.15, -0.1) is 0 Å². The second-order valence-electron chi connectivity index (χ2n) is 4.73. The lowest BCUT2D eigenvalue weighted by Gasteiger charge is -2.17. The van der Waals surface area contributed by atoms with Crippen LogP contribution >= 0.6 is 11.6 Å². The summed E-state index contributed by atoms with van der Waals surface area (Å²) < 4.78 is 0. The molecule has 2 rings (SSSR count). The van der Waals surface area contributed by atoms with Gasteiger partial charge in [0, 0.05) is 11.1 Å². The van der Waals surface area contributed by atoms with Crippen LogP contribution in [-0.2, 0) is 6.42 Å². The molecule has 0 spiro atoms. The predicted molar refractivity (Wildman–Crippen MR) is 81.6 cm³/mol. The van der Waals surface area contributed by atoms with Crippen LogP contribution in [0, 0.1) is 0 Å². The monoisotopic (exact) mass is 289 g/mol. The van der Waals surface area contributed by atoms with Crippen molar-refractivity contribution < 1.29 is 9.90 Å². The second kappa shape index (κ2) is 6.44. The molecule has 2 N–H and O–H groups in total. The van der Waals surface area contributed by atoms with Gasteiger partial charge in [0.1, 0.15) is 0 Å². The summed E-state index contributed by atoms with van der Waals surface area (Å²) in [6.45, 7) is 2.01. The highest BCUT2D eigenvalue weighted by molar-refractivity contribution is 6.31. The summed E-state index contributed by atoms with van der Waals surface area (Å²) in [6.07, 6.45) is 0.812. The van der Waals surface area contributed by atoms with Crippen molar-refractivity contribution >= 4 is 23.3 Å². The Balaban J connectivity index is 2.13. The lowest BCUT2D eigenvalue weighted by molar-refractivity contribution is 0.0698. The molecule has 3 nitrogen and oxygen atoms in total. The van der Waals surface area contributed by atoms with Crippen LogP contribution in [0.25, 0.3) is 0 Å². The van der Waals surface area contributed by atoms with Gasteiger partial charge in [0.15, 0.2) is 0 Å². The molecule has 0 saturated heterocycles. The van der Waals surface area contributed by atoms with Crippen molar-refractivity contribution in [1.29, 1.82) is 0 Å². The zero-order valence-electron chi connectivity index (χ0n) is 11.1. The van der Waals surface area contributed by atoms with E-state index in [1.54, 1.807) is 12.1 Å². The lowest BCUT2D eigenvalue weighted by Crippen LogP contribution is -2.19. The average molecular weight is 290 g/mol. The minimum Gasteiger partial charge on any atom is -0.478 e. The molecule has 0 aliphatic rings. The van der Waals surface area contributed by atoms with Crippen molar-refractivity contribution in [3.63, 3.8) is 0 Å². The fourth-order valence-electron chi connectivity index (χ4n) is 2.11. The zero-order chi connectivity index (χ0) is 14.5. The van der Waals surface area contributed by atoms with Crippen LogP contribution in [0.2, 0.25) is 5.02 Å². The van der Waals surface area contributed by atoms with E-state index in [9.17, 15) is 9.90 Å². The van der Waals surface area contributed by atoms with Crippen LogP contribution in [0.1, 0.15) is 22.8 Å². The number of carboxylic acids is 1.